The van der Waals surface area contributed by atoms with E-state index in [0.29, 0.717) is 0 Å². The van der Waals surface area contributed by atoms with Crippen LogP contribution in [0.4, 0.5) is 4.79 Å². The molecule has 0 aromatic rings. The largest absolute Gasteiger partial charge is 0.480 e. The molecule has 6 heteroatoms. The second kappa shape index (κ2) is 5.69. The standard InChI is InChI=1S/C10H19N3O3/c1-12-5-3-4-8(6-12)11-10(16)13(2)7-9(14)15/h8H,3-7H2,1-2H3,(H,11,16)(H,14,15). The fraction of sp³-hybridized carbons (Fsp3) is 0.800. The van der Waals surface area contributed by atoms with Gasteiger partial charge in [-0.25, -0.2) is 4.79 Å². The third kappa shape index (κ3) is 4.06. The van der Waals surface area contributed by atoms with Gasteiger partial charge in [-0.2, -0.15) is 0 Å². The zero-order valence-corrected chi connectivity index (χ0v) is 9.77. The fourth-order valence-electron chi connectivity index (χ4n) is 1.84. The van der Waals surface area contributed by atoms with Crippen LogP contribution in [0.5, 0.6) is 0 Å². The number of hydrogen-bond acceptors (Lipinski definition) is 3. The van der Waals surface area contributed by atoms with Crippen molar-refractivity contribution in [3.05, 3.63) is 0 Å². The minimum Gasteiger partial charge on any atom is -0.480 e. The SMILES string of the molecule is CN1CCCC(NC(=O)N(C)CC(=O)O)C1. The maximum absolute atomic E-state index is 11.6. The van der Waals surface area contributed by atoms with Crippen molar-refractivity contribution in [2.45, 2.75) is 18.9 Å². The number of aliphatic carboxylic acids is 1. The monoisotopic (exact) mass is 229 g/mol. The molecule has 1 aliphatic heterocycles. The van der Waals surface area contributed by atoms with E-state index in [1.54, 1.807) is 0 Å². The number of nitrogens with zero attached hydrogens (tertiary/aromatic N) is 2. The van der Waals surface area contributed by atoms with Gasteiger partial charge in [0.1, 0.15) is 6.54 Å². The summed E-state index contributed by atoms with van der Waals surface area (Å²) in [6.45, 7) is 1.61. The molecule has 2 amide bonds. The number of nitrogens with one attached hydrogen (secondary N) is 1. The number of urea groups is 1. The van der Waals surface area contributed by atoms with Crippen molar-refractivity contribution in [1.82, 2.24) is 15.1 Å². The summed E-state index contributed by atoms with van der Waals surface area (Å²) in [4.78, 5) is 25.4. The first-order chi connectivity index (χ1) is 7.49. The van der Waals surface area contributed by atoms with Gasteiger partial charge in [-0.3, -0.25) is 4.79 Å². The number of hydrogen-bond donors (Lipinski definition) is 2. The normalized spacial score (nSPS) is 21.5. The van der Waals surface area contributed by atoms with Crippen LogP contribution < -0.4 is 5.32 Å². The van der Waals surface area contributed by atoms with Crippen LogP contribution >= 0.6 is 0 Å². The second-order valence-corrected chi connectivity index (χ2v) is 4.30. The van der Waals surface area contributed by atoms with Gasteiger partial charge in [0.05, 0.1) is 0 Å². The highest BCUT2D eigenvalue weighted by Gasteiger charge is 2.21. The Morgan fingerprint density at radius 1 is 1.56 bits per heavy atom. The van der Waals surface area contributed by atoms with E-state index in [0.717, 1.165) is 25.9 Å². The molecule has 1 rings (SSSR count). The molecule has 0 aromatic carbocycles. The van der Waals surface area contributed by atoms with Crippen LogP contribution in [0.3, 0.4) is 0 Å². The second-order valence-electron chi connectivity index (χ2n) is 4.30. The van der Waals surface area contributed by atoms with Gasteiger partial charge in [0.15, 0.2) is 0 Å². The van der Waals surface area contributed by atoms with Gasteiger partial charge < -0.3 is 20.2 Å². The van der Waals surface area contributed by atoms with Crippen LogP contribution in [0, 0.1) is 0 Å². The van der Waals surface area contributed by atoms with Crippen molar-refractivity contribution in [2.24, 2.45) is 0 Å². The summed E-state index contributed by atoms with van der Waals surface area (Å²) >= 11 is 0. The molecule has 0 spiro atoms. The molecule has 1 saturated heterocycles. The minimum absolute atomic E-state index is 0.127. The fourth-order valence-corrected chi connectivity index (χ4v) is 1.84. The molecule has 1 atom stereocenters. The van der Waals surface area contributed by atoms with Gasteiger partial charge in [0, 0.05) is 19.6 Å². The number of carbonyl (C=O) groups excluding carboxylic acids is 1. The molecule has 1 aliphatic rings. The Balaban J connectivity index is 2.35. The Kier molecular flexibility index (Phi) is 4.54. The Morgan fingerprint density at radius 3 is 2.81 bits per heavy atom. The first-order valence-corrected chi connectivity index (χ1v) is 5.41. The van der Waals surface area contributed by atoms with Crippen molar-refractivity contribution < 1.29 is 14.7 Å². The van der Waals surface area contributed by atoms with Gasteiger partial charge in [-0.1, -0.05) is 0 Å². The Labute approximate surface area is 95.2 Å². The number of piperidine rings is 1. The smallest absolute Gasteiger partial charge is 0.323 e. The van der Waals surface area contributed by atoms with Crippen LogP contribution in [0.1, 0.15) is 12.8 Å². The summed E-state index contributed by atoms with van der Waals surface area (Å²) in [6, 6.07) is -0.190. The van der Waals surface area contributed by atoms with E-state index in [4.69, 9.17) is 5.11 Å². The number of carboxylic acid groups (broad SMARTS) is 1. The van der Waals surface area contributed by atoms with Crippen molar-refractivity contribution in [3.63, 3.8) is 0 Å². The van der Waals surface area contributed by atoms with Crippen LogP contribution in [0.25, 0.3) is 0 Å². The van der Waals surface area contributed by atoms with Crippen LogP contribution in [0.15, 0.2) is 0 Å². The lowest BCUT2D eigenvalue weighted by Crippen LogP contribution is -2.50. The summed E-state index contributed by atoms with van der Waals surface area (Å²) in [6.07, 6.45) is 2.01. The number of rotatable bonds is 3. The summed E-state index contributed by atoms with van der Waals surface area (Å²) in [7, 11) is 3.50. The lowest BCUT2D eigenvalue weighted by Gasteiger charge is -2.31. The number of likely N-dealkylation sites (N-methyl/N-ethyl adjacent to an activating group) is 2. The number of likely N-dealkylation sites (tertiary alicyclic amines) is 1. The Hall–Kier alpha value is -1.30. The van der Waals surface area contributed by atoms with E-state index < -0.39 is 5.97 Å². The lowest BCUT2D eigenvalue weighted by molar-refractivity contribution is -0.137. The van der Waals surface area contributed by atoms with Gasteiger partial charge in [0.25, 0.3) is 0 Å². The predicted molar refractivity (Wildman–Crippen MR) is 59.3 cm³/mol. The molecule has 0 saturated carbocycles. The Morgan fingerprint density at radius 2 is 2.25 bits per heavy atom. The van der Waals surface area contributed by atoms with Crippen molar-refractivity contribution in [1.29, 1.82) is 0 Å². The van der Waals surface area contributed by atoms with Crippen LogP contribution in [-0.4, -0.2) is 66.7 Å². The van der Waals surface area contributed by atoms with Crippen molar-refractivity contribution >= 4 is 12.0 Å². The highest BCUT2D eigenvalue weighted by atomic mass is 16.4. The summed E-state index contributed by atoms with van der Waals surface area (Å²) in [5.41, 5.74) is 0. The maximum atomic E-state index is 11.6. The maximum Gasteiger partial charge on any atom is 0.323 e. The molecule has 0 aliphatic carbocycles. The molecule has 1 heterocycles. The minimum atomic E-state index is -1.00. The highest BCUT2D eigenvalue weighted by molar-refractivity contribution is 5.79. The van der Waals surface area contributed by atoms with Gasteiger partial charge in [0.2, 0.25) is 0 Å². The number of carbonyl (C=O) groups is 2. The van der Waals surface area contributed by atoms with Crippen LogP contribution in [0.2, 0.25) is 0 Å². The summed E-state index contributed by atoms with van der Waals surface area (Å²) < 4.78 is 0. The van der Waals surface area contributed by atoms with Gasteiger partial charge in [-0.05, 0) is 26.4 Å². The topological polar surface area (TPSA) is 72.9 Å². The molecule has 6 nitrogen and oxygen atoms in total. The van der Waals surface area contributed by atoms with Crippen molar-refractivity contribution in [3.8, 4) is 0 Å². The van der Waals surface area contributed by atoms with Gasteiger partial charge in [-0.15, -0.1) is 0 Å². The molecule has 1 fully saturated rings. The molecular formula is C10H19N3O3. The Bertz CT molecular complexity index is 270. The molecule has 0 bridgehead atoms. The van der Waals surface area contributed by atoms with E-state index >= 15 is 0 Å². The quantitative estimate of drug-likeness (QED) is 0.703. The highest BCUT2D eigenvalue weighted by Crippen LogP contribution is 2.07. The van der Waals surface area contributed by atoms with Gasteiger partial charge >= 0.3 is 12.0 Å². The number of carboxylic acids is 1. The summed E-state index contributed by atoms with van der Waals surface area (Å²) in [5.74, 6) is -1.00. The molecule has 1 unspecified atom stereocenters. The third-order valence-electron chi connectivity index (χ3n) is 2.67. The third-order valence-corrected chi connectivity index (χ3v) is 2.67. The lowest BCUT2D eigenvalue weighted by atomic mass is 10.1. The molecule has 2 N–H and O–H groups in total. The molecular weight excluding hydrogens is 210 g/mol. The molecule has 92 valence electrons. The molecule has 16 heavy (non-hydrogen) atoms. The predicted octanol–water partition coefficient (Wildman–Crippen LogP) is -0.193. The average Bonchev–Trinajstić information content (AvgIpc) is 2.16. The first-order valence-electron chi connectivity index (χ1n) is 5.41. The van der Waals surface area contributed by atoms with Crippen LogP contribution in [-0.2, 0) is 4.79 Å². The van der Waals surface area contributed by atoms with Crippen molar-refractivity contribution in [2.75, 3.05) is 33.7 Å². The molecule has 0 radical (unpaired) electrons. The van der Waals surface area contributed by atoms with E-state index in [-0.39, 0.29) is 18.6 Å². The number of amides is 2. The van der Waals surface area contributed by atoms with E-state index in [9.17, 15) is 9.59 Å². The van der Waals surface area contributed by atoms with E-state index in [1.807, 2.05) is 7.05 Å². The zero-order chi connectivity index (χ0) is 12.1. The molecule has 0 aromatic heterocycles. The summed E-state index contributed by atoms with van der Waals surface area (Å²) in [5, 5.41) is 11.4. The average molecular weight is 229 g/mol. The first kappa shape index (κ1) is 12.8. The van der Waals surface area contributed by atoms with E-state index in [1.165, 1.54) is 11.9 Å². The van der Waals surface area contributed by atoms with E-state index in [2.05, 4.69) is 10.2 Å². The zero-order valence-electron chi connectivity index (χ0n) is 9.77.